The summed E-state index contributed by atoms with van der Waals surface area (Å²) in [5.41, 5.74) is 0. The number of halogens is 1. The van der Waals surface area contributed by atoms with Crippen LogP contribution in [0.25, 0.3) is 0 Å². The lowest BCUT2D eigenvalue weighted by atomic mass is 10.1. The fraction of sp³-hybridized carbons (Fsp3) is 0.429. The largest absolute Gasteiger partial charge is 0.491 e. The first-order valence-electron chi connectivity index (χ1n) is 6.38. The van der Waals surface area contributed by atoms with Crippen molar-refractivity contribution >= 4 is 11.8 Å². The molecule has 1 fully saturated rings. The molecule has 1 heterocycles. The zero-order valence-corrected chi connectivity index (χ0v) is 11.1. The lowest BCUT2D eigenvalue weighted by Gasteiger charge is -2.19. The van der Waals surface area contributed by atoms with Crippen molar-refractivity contribution in [3.63, 3.8) is 0 Å². The molecule has 0 bridgehead atoms. The molecule has 1 aliphatic heterocycles. The smallest absolute Gasteiger partial charge is 0.232 e. The van der Waals surface area contributed by atoms with Crippen molar-refractivity contribution < 1.29 is 23.8 Å². The molecule has 0 aliphatic carbocycles. The van der Waals surface area contributed by atoms with Gasteiger partial charge in [0, 0.05) is 12.3 Å². The summed E-state index contributed by atoms with van der Waals surface area (Å²) in [6, 6.07) is 5.38. The minimum Gasteiger partial charge on any atom is -0.491 e. The van der Waals surface area contributed by atoms with E-state index in [0.717, 1.165) is 4.90 Å². The molecule has 0 aromatic heterocycles. The number of amides is 2. The number of carbonyl (C=O) groups excluding carboxylic acids is 2. The van der Waals surface area contributed by atoms with E-state index in [4.69, 9.17) is 4.74 Å². The molecule has 20 heavy (non-hydrogen) atoms. The topological polar surface area (TPSA) is 66.8 Å². The fourth-order valence-corrected chi connectivity index (χ4v) is 2.03. The summed E-state index contributed by atoms with van der Waals surface area (Å²) in [5.74, 6) is -0.829. The SMILES string of the molecule is C[C@H]1CC(=O)N(C[C@H](O)COc2ccc(F)cc2)C1=O. The Morgan fingerprint density at radius 3 is 2.60 bits per heavy atom. The molecule has 108 valence electrons. The van der Waals surface area contributed by atoms with Crippen LogP contribution in [0.4, 0.5) is 4.39 Å². The van der Waals surface area contributed by atoms with Gasteiger partial charge in [-0.1, -0.05) is 6.92 Å². The molecule has 2 atom stereocenters. The van der Waals surface area contributed by atoms with E-state index in [-0.39, 0.29) is 43.1 Å². The standard InChI is InChI=1S/C14H16FNO4/c1-9-6-13(18)16(14(9)19)7-11(17)8-20-12-4-2-10(15)3-5-12/h2-5,9,11,17H,6-8H2,1H3/t9-,11-/m0/s1. The van der Waals surface area contributed by atoms with E-state index in [1.165, 1.54) is 24.3 Å². The quantitative estimate of drug-likeness (QED) is 0.816. The fourth-order valence-electron chi connectivity index (χ4n) is 2.03. The molecule has 1 aromatic rings. The lowest BCUT2D eigenvalue weighted by molar-refractivity contribution is -0.141. The van der Waals surface area contributed by atoms with Crippen LogP contribution in [0.1, 0.15) is 13.3 Å². The van der Waals surface area contributed by atoms with Crippen molar-refractivity contribution in [2.24, 2.45) is 5.92 Å². The third kappa shape index (κ3) is 3.33. The van der Waals surface area contributed by atoms with E-state index in [0.29, 0.717) is 5.75 Å². The summed E-state index contributed by atoms with van der Waals surface area (Å²) in [6.45, 7) is 1.53. The Bertz CT molecular complexity index is 502. The van der Waals surface area contributed by atoms with Gasteiger partial charge in [0.05, 0.1) is 6.54 Å². The Morgan fingerprint density at radius 2 is 2.05 bits per heavy atom. The van der Waals surface area contributed by atoms with Crippen LogP contribution in [0.5, 0.6) is 5.75 Å². The number of imide groups is 1. The molecular weight excluding hydrogens is 265 g/mol. The number of ether oxygens (including phenoxy) is 1. The van der Waals surface area contributed by atoms with Gasteiger partial charge in [0.25, 0.3) is 0 Å². The maximum Gasteiger partial charge on any atom is 0.232 e. The average Bonchev–Trinajstić information content (AvgIpc) is 2.65. The number of rotatable bonds is 5. The van der Waals surface area contributed by atoms with Gasteiger partial charge in [0.1, 0.15) is 24.3 Å². The number of aliphatic hydroxyl groups is 1. The van der Waals surface area contributed by atoms with Crippen molar-refractivity contribution in [1.82, 2.24) is 4.90 Å². The minimum absolute atomic E-state index is 0.0723. The van der Waals surface area contributed by atoms with Gasteiger partial charge in [-0.25, -0.2) is 4.39 Å². The second-order valence-corrected chi connectivity index (χ2v) is 4.87. The van der Waals surface area contributed by atoms with Crippen LogP contribution in [0, 0.1) is 11.7 Å². The molecule has 1 saturated heterocycles. The first kappa shape index (κ1) is 14.5. The molecule has 2 amide bonds. The van der Waals surface area contributed by atoms with Crippen LogP contribution in [-0.2, 0) is 9.59 Å². The van der Waals surface area contributed by atoms with Gasteiger partial charge in [-0.15, -0.1) is 0 Å². The van der Waals surface area contributed by atoms with Gasteiger partial charge in [-0.3, -0.25) is 14.5 Å². The highest BCUT2D eigenvalue weighted by Crippen LogP contribution is 2.19. The van der Waals surface area contributed by atoms with Crippen molar-refractivity contribution in [3.8, 4) is 5.75 Å². The molecule has 0 saturated carbocycles. The normalized spacial score (nSPS) is 20.4. The maximum absolute atomic E-state index is 12.7. The van der Waals surface area contributed by atoms with Gasteiger partial charge >= 0.3 is 0 Å². The molecule has 0 radical (unpaired) electrons. The maximum atomic E-state index is 12.7. The highest BCUT2D eigenvalue weighted by Gasteiger charge is 2.36. The summed E-state index contributed by atoms with van der Waals surface area (Å²) in [7, 11) is 0. The predicted octanol–water partition coefficient (Wildman–Crippen LogP) is 0.960. The second-order valence-electron chi connectivity index (χ2n) is 4.87. The van der Waals surface area contributed by atoms with Crippen LogP contribution in [0.3, 0.4) is 0 Å². The van der Waals surface area contributed by atoms with Crippen molar-refractivity contribution in [2.75, 3.05) is 13.2 Å². The molecule has 6 heteroatoms. The van der Waals surface area contributed by atoms with Crippen LogP contribution in [-0.4, -0.2) is 41.1 Å². The van der Waals surface area contributed by atoms with Gasteiger partial charge < -0.3 is 9.84 Å². The number of benzene rings is 1. The number of hydrogen-bond donors (Lipinski definition) is 1. The summed E-state index contributed by atoms with van der Waals surface area (Å²) < 4.78 is 18.0. The highest BCUT2D eigenvalue weighted by atomic mass is 19.1. The molecule has 1 aromatic carbocycles. The van der Waals surface area contributed by atoms with Crippen molar-refractivity contribution in [2.45, 2.75) is 19.4 Å². The molecule has 1 N–H and O–H groups in total. The number of nitrogens with zero attached hydrogens (tertiary/aromatic N) is 1. The van der Waals surface area contributed by atoms with Crippen molar-refractivity contribution in [1.29, 1.82) is 0 Å². The van der Waals surface area contributed by atoms with E-state index in [1.807, 2.05) is 0 Å². The zero-order valence-electron chi connectivity index (χ0n) is 11.1. The first-order chi connectivity index (χ1) is 9.47. The zero-order chi connectivity index (χ0) is 14.7. The second kappa shape index (κ2) is 6.00. The number of likely N-dealkylation sites (tertiary alicyclic amines) is 1. The highest BCUT2D eigenvalue weighted by molar-refractivity contribution is 6.03. The van der Waals surface area contributed by atoms with Gasteiger partial charge in [-0.2, -0.15) is 0 Å². The Hall–Kier alpha value is -1.95. The molecule has 0 unspecified atom stereocenters. The Labute approximate surface area is 116 Å². The number of carbonyl (C=O) groups is 2. The van der Waals surface area contributed by atoms with E-state index >= 15 is 0 Å². The summed E-state index contributed by atoms with van der Waals surface area (Å²) in [4.78, 5) is 24.3. The molecule has 2 rings (SSSR count). The van der Waals surface area contributed by atoms with E-state index in [2.05, 4.69) is 0 Å². The van der Waals surface area contributed by atoms with E-state index in [9.17, 15) is 19.1 Å². The van der Waals surface area contributed by atoms with Crippen LogP contribution in [0.2, 0.25) is 0 Å². The van der Waals surface area contributed by atoms with E-state index < -0.39 is 6.10 Å². The van der Waals surface area contributed by atoms with Crippen molar-refractivity contribution in [3.05, 3.63) is 30.1 Å². The van der Waals surface area contributed by atoms with Gasteiger partial charge in [-0.05, 0) is 24.3 Å². The average molecular weight is 281 g/mol. The predicted molar refractivity (Wildman–Crippen MR) is 68.4 cm³/mol. The monoisotopic (exact) mass is 281 g/mol. The van der Waals surface area contributed by atoms with Crippen LogP contribution < -0.4 is 4.74 Å². The van der Waals surface area contributed by atoms with Gasteiger partial charge in [0.15, 0.2) is 0 Å². The third-order valence-corrected chi connectivity index (χ3v) is 3.12. The molecule has 5 nitrogen and oxygen atoms in total. The Kier molecular flexibility index (Phi) is 4.34. The number of hydrogen-bond acceptors (Lipinski definition) is 4. The number of aliphatic hydroxyl groups excluding tert-OH is 1. The van der Waals surface area contributed by atoms with Crippen LogP contribution >= 0.6 is 0 Å². The van der Waals surface area contributed by atoms with Gasteiger partial charge in [0.2, 0.25) is 11.8 Å². The summed E-state index contributed by atoms with van der Waals surface area (Å²) in [5, 5.41) is 9.80. The lowest BCUT2D eigenvalue weighted by Crippen LogP contribution is -2.39. The molecule has 1 aliphatic rings. The first-order valence-corrected chi connectivity index (χ1v) is 6.38. The van der Waals surface area contributed by atoms with E-state index in [1.54, 1.807) is 6.92 Å². The minimum atomic E-state index is -0.974. The number of β-amino-alcohol motifs (C(OH)–C–C–N with tert-alkyl or cyclic N) is 1. The summed E-state index contributed by atoms with van der Waals surface area (Å²) >= 11 is 0. The Balaban J connectivity index is 1.83. The molecule has 0 spiro atoms. The third-order valence-electron chi connectivity index (χ3n) is 3.12. The Morgan fingerprint density at radius 1 is 1.40 bits per heavy atom. The van der Waals surface area contributed by atoms with Crippen LogP contribution in [0.15, 0.2) is 24.3 Å². The molecular formula is C14H16FNO4. The summed E-state index contributed by atoms with van der Waals surface area (Å²) in [6.07, 6.45) is -0.789.